The molecule has 0 amide bonds. The van der Waals surface area contributed by atoms with Gasteiger partial charge in [-0.3, -0.25) is 0 Å². The van der Waals surface area contributed by atoms with E-state index in [1.807, 2.05) is 22.7 Å². The standard InChI is InChI=1S/C44H25NS2/c1-2-12-29(13-3-1)45(31-20-19-26-9-4-5-10-27(26)23-31)30-14-6-11-28(24-30)35-25-39-44-41-33(16-8-18-37(41)47-39)32-15-7-17-36-40(32)43-38(46-36)22-21-34(35)42(43)44/h1-25H. The first-order valence-corrected chi connectivity index (χ1v) is 17.6. The summed E-state index contributed by atoms with van der Waals surface area (Å²) >= 11 is 3.85. The van der Waals surface area contributed by atoms with Gasteiger partial charge in [0.2, 0.25) is 0 Å². The molecule has 47 heavy (non-hydrogen) atoms. The maximum atomic E-state index is 2.46. The second kappa shape index (κ2) is 9.52. The van der Waals surface area contributed by atoms with Gasteiger partial charge >= 0.3 is 0 Å². The molecule has 0 saturated carbocycles. The number of hydrogen-bond acceptors (Lipinski definition) is 3. The van der Waals surface area contributed by atoms with Gasteiger partial charge in [-0.2, -0.15) is 0 Å². The molecule has 0 saturated heterocycles. The van der Waals surface area contributed by atoms with Gasteiger partial charge in [-0.05, 0) is 99.1 Å². The molecule has 2 aromatic heterocycles. The van der Waals surface area contributed by atoms with Crippen molar-refractivity contribution in [2.45, 2.75) is 0 Å². The summed E-state index contributed by atoms with van der Waals surface area (Å²) in [4.78, 5) is 2.38. The zero-order valence-corrected chi connectivity index (χ0v) is 26.8. The number of para-hydroxylation sites is 1. The molecule has 2 heterocycles. The molecule has 0 bridgehead atoms. The van der Waals surface area contributed by atoms with Crippen molar-refractivity contribution in [1.82, 2.24) is 0 Å². The molecule has 0 unspecified atom stereocenters. The lowest BCUT2D eigenvalue weighted by Gasteiger charge is -2.26. The largest absolute Gasteiger partial charge is 0.310 e. The minimum absolute atomic E-state index is 1.14. The number of thiophene rings is 2. The molecule has 0 radical (unpaired) electrons. The Kier molecular flexibility index (Phi) is 5.20. The molecule has 0 N–H and O–H groups in total. The quantitative estimate of drug-likeness (QED) is 0.187. The van der Waals surface area contributed by atoms with Crippen LogP contribution >= 0.6 is 22.7 Å². The molecule has 8 aromatic carbocycles. The highest BCUT2D eigenvalue weighted by Gasteiger charge is 2.25. The third-order valence-corrected chi connectivity index (χ3v) is 12.2. The van der Waals surface area contributed by atoms with Crippen molar-refractivity contribution in [2.24, 2.45) is 0 Å². The van der Waals surface area contributed by atoms with Crippen LogP contribution in [0.3, 0.4) is 0 Å². The van der Waals surface area contributed by atoms with Crippen LogP contribution in [0.2, 0.25) is 0 Å². The van der Waals surface area contributed by atoms with Gasteiger partial charge in [0, 0.05) is 62.8 Å². The van der Waals surface area contributed by atoms with Crippen LogP contribution in [0.15, 0.2) is 152 Å². The van der Waals surface area contributed by atoms with E-state index in [4.69, 9.17) is 0 Å². The van der Waals surface area contributed by atoms with Crippen LogP contribution in [0.25, 0.3) is 84.1 Å². The number of anilines is 3. The number of fused-ring (bicyclic) bond motifs is 2. The summed E-state index contributed by atoms with van der Waals surface area (Å²) in [6.07, 6.45) is 0. The Morgan fingerprint density at radius 1 is 0.340 bits per heavy atom. The highest BCUT2D eigenvalue weighted by molar-refractivity contribution is 7.27. The maximum absolute atomic E-state index is 2.46. The Balaban J connectivity index is 1.21. The highest BCUT2D eigenvalue weighted by atomic mass is 32.1. The smallest absolute Gasteiger partial charge is 0.0468 e. The molecule has 218 valence electrons. The van der Waals surface area contributed by atoms with Crippen molar-refractivity contribution >= 4 is 102 Å². The van der Waals surface area contributed by atoms with Gasteiger partial charge in [0.15, 0.2) is 0 Å². The SMILES string of the molecule is c1ccc(N(c2cccc(-c3cc4sc5cccc6c5c4c4c3ccc3sc5cccc-6c5c34)c2)c2ccc3ccccc3c2)cc1. The topological polar surface area (TPSA) is 3.24 Å². The van der Waals surface area contributed by atoms with E-state index >= 15 is 0 Å². The molecule has 1 aliphatic rings. The van der Waals surface area contributed by atoms with Crippen LogP contribution in [0.5, 0.6) is 0 Å². The normalized spacial score (nSPS) is 12.3. The van der Waals surface area contributed by atoms with E-state index in [0.29, 0.717) is 0 Å². The van der Waals surface area contributed by atoms with Crippen molar-refractivity contribution in [1.29, 1.82) is 0 Å². The summed E-state index contributed by atoms with van der Waals surface area (Å²) in [5.74, 6) is 0. The molecule has 1 aliphatic carbocycles. The average molecular weight is 632 g/mol. The Bertz CT molecular complexity index is 2880. The number of benzene rings is 8. The van der Waals surface area contributed by atoms with E-state index in [0.717, 1.165) is 17.1 Å². The van der Waals surface area contributed by atoms with Gasteiger partial charge in [-0.1, -0.05) is 91.0 Å². The van der Waals surface area contributed by atoms with Crippen LogP contribution < -0.4 is 4.90 Å². The molecule has 0 aliphatic heterocycles. The Morgan fingerprint density at radius 2 is 0.979 bits per heavy atom. The molecular formula is C44H25NS2. The van der Waals surface area contributed by atoms with Gasteiger partial charge < -0.3 is 4.90 Å². The Morgan fingerprint density at radius 3 is 1.79 bits per heavy atom. The summed E-state index contributed by atoms with van der Waals surface area (Å²) < 4.78 is 5.45. The van der Waals surface area contributed by atoms with Crippen molar-refractivity contribution in [2.75, 3.05) is 4.90 Å². The van der Waals surface area contributed by atoms with Crippen molar-refractivity contribution in [3.63, 3.8) is 0 Å². The Hall–Kier alpha value is -5.48. The first kappa shape index (κ1) is 25.7. The minimum atomic E-state index is 1.14. The zero-order valence-electron chi connectivity index (χ0n) is 25.2. The lowest BCUT2D eigenvalue weighted by atomic mass is 9.93. The Labute approximate surface area is 279 Å². The number of rotatable bonds is 4. The predicted octanol–water partition coefficient (Wildman–Crippen LogP) is 13.8. The lowest BCUT2D eigenvalue weighted by Crippen LogP contribution is -2.09. The minimum Gasteiger partial charge on any atom is -0.310 e. The molecule has 3 heteroatoms. The van der Waals surface area contributed by atoms with Crippen molar-refractivity contribution in [3.8, 4) is 22.3 Å². The number of hydrogen-bond donors (Lipinski definition) is 0. The average Bonchev–Trinajstić information content (AvgIpc) is 3.66. The fourth-order valence-corrected chi connectivity index (χ4v) is 10.3. The summed E-state index contributed by atoms with van der Waals surface area (Å²) in [6.45, 7) is 0. The molecule has 0 atom stereocenters. The maximum Gasteiger partial charge on any atom is 0.0468 e. The van der Waals surface area contributed by atoms with Crippen LogP contribution in [-0.4, -0.2) is 0 Å². The molecule has 0 spiro atoms. The van der Waals surface area contributed by atoms with E-state index < -0.39 is 0 Å². The van der Waals surface area contributed by atoms with Gasteiger partial charge in [0.25, 0.3) is 0 Å². The molecule has 11 rings (SSSR count). The van der Waals surface area contributed by atoms with Gasteiger partial charge in [0.05, 0.1) is 0 Å². The third kappa shape index (κ3) is 3.58. The van der Waals surface area contributed by atoms with Gasteiger partial charge in [-0.15, -0.1) is 22.7 Å². The molecule has 0 fully saturated rings. The first-order valence-electron chi connectivity index (χ1n) is 16.0. The van der Waals surface area contributed by atoms with Crippen LogP contribution in [0, 0.1) is 0 Å². The van der Waals surface area contributed by atoms with Crippen LogP contribution in [0.4, 0.5) is 17.1 Å². The van der Waals surface area contributed by atoms with E-state index in [2.05, 4.69) is 157 Å². The van der Waals surface area contributed by atoms with E-state index in [9.17, 15) is 0 Å². The summed E-state index contributed by atoms with van der Waals surface area (Å²) in [5, 5.41) is 10.9. The molecule has 1 nitrogen and oxygen atoms in total. The summed E-state index contributed by atoms with van der Waals surface area (Å²) in [6, 6.07) is 56.1. The first-order chi connectivity index (χ1) is 23.3. The fourth-order valence-electron chi connectivity index (χ4n) is 7.96. The molecular weight excluding hydrogens is 607 g/mol. The fraction of sp³-hybridized carbons (Fsp3) is 0. The van der Waals surface area contributed by atoms with Crippen LogP contribution in [0.1, 0.15) is 0 Å². The van der Waals surface area contributed by atoms with Crippen molar-refractivity contribution < 1.29 is 0 Å². The predicted molar refractivity (Wildman–Crippen MR) is 206 cm³/mol. The van der Waals surface area contributed by atoms with E-state index in [1.165, 1.54) is 84.1 Å². The lowest BCUT2D eigenvalue weighted by molar-refractivity contribution is 1.29. The highest BCUT2D eigenvalue weighted by Crippen LogP contribution is 2.54. The van der Waals surface area contributed by atoms with Crippen LogP contribution in [-0.2, 0) is 0 Å². The zero-order chi connectivity index (χ0) is 30.6. The third-order valence-electron chi connectivity index (χ3n) is 9.93. The monoisotopic (exact) mass is 631 g/mol. The van der Waals surface area contributed by atoms with E-state index in [-0.39, 0.29) is 0 Å². The number of nitrogens with zero attached hydrogens (tertiary/aromatic N) is 1. The second-order valence-corrected chi connectivity index (χ2v) is 14.6. The van der Waals surface area contributed by atoms with Gasteiger partial charge in [0.1, 0.15) is 0 Å². The second-order valence-electron chi connectivity index (χ2n) is 12.5. The summed E-state index contributed by atoms with van der Waals surface area (Å²) in [7, 11) is 0. The summed E-state index contributed by atoms with van der Waals surface area (Å²) in [5.41, 5.74) is 8.67. The van der Waals surface area contributed by atoms with E-state index in [1.54, 1.807) is 0 Å². The van der Waals surface area contributed by atoms with Crippen molar-refractivity contribution in [3.05, 3.63) is 152 Å². The van der Waals surface area contributed by atoms with Gasteiger partial charge in [-0.25, -0.2) is 0 Å². The molecule has 10 aromatic rings.